The fourth-order valence-electron chi connectivity index (χ4n) is 2.15. The van der Waals surface area contributed by atoms with Gasteiger partial charge >= 0.3 is 0 Å². The normalized spacial score (nSPS) is 13.3. The summed E-state index contributed by atoms with van der Waals surface area (Å²) in [6.07, 6.45) is 5.63. The predicted molar refractivity (Wildman–Crippen MR) is 88.1 cm³/mol. The van der Waals surface area contributed by atoms with Gasteiger partial charge in [-0.05, 0) is 39.0 Å². The number of aromatic nitrogens is 2. The third-order valence-corrected chi connectivity index (χ3v) is 4.20. The summed E-state index contributed by atoms with van der Waals surface area (Å²) < 4.78 is 2.82. The molecule has 0 radical (unpaired) electrons. The highest BCUT2D eigenvalue weighted by Crippen LogP contribution is 2.25. The van der Waals surface area contributed by atoms with Crippen molar-refractivity contribution in [2.24, 2.45) is 5.41 Å². The van der Waals surface area contributed by atoms with Crippen molar-refractivity contribution in [1.29, 1.82) is 0 Å². The fraction of sp³-hybridized carbons (Fsp3) is 0.438. The van der Waals surface area contributed by atoms with Crippen LogP contribution in [0.15, 0.2) is 41.4 Å². The van der Waals surface area contributed by atoms with Gasteiger partial charge < -0.3 is 15.0 Å². The maximum absolute atomic E-state index is 9.54. The molecule has 0 amide bonds. The van der Waals surface area contributed by atoms with Crippen LogP contribution in [0.4, 0.5) is 0 Å². The van der Waals surface area contributed by atoms with Crippen molar-refractivity contribution in [2.45, 2.75) is 39.9 Å². The second-order valence-electron chi connectivity index (χ2n) is 6.34. The van der Waals surface area contributed by atoms with E-state index >= 15 is 0 Å². The van der Waals surface area contributed by atoms with Crippen molar-refractivity contribution in [3.63, 3.8) is 0 Å². The third kappa shape index (κ3) is 4.58. The van der Waals surface area contributed by atoms with Crippen LogP contribution in [0.1, 0.15) is 26.3 Å². The Balaban J connectivity index is 2.03. The molecular weight excluding hydrogens is 330 g/mol. The van der Waals surface area contributed by atoms with Crippen LogP contribution in [0.2, 0.25) is 0 Å². The first-order valence-corrected chi connectivity index (χ1v) is 7.82. The van der Waals surface area contributed by atoms with Crippen LogP contribution in [0.5, 0.6) is 5.75 Å². The van der Waals surface area contributed by atoms with Crippen molar-refractivity contribution in [3.8, 4) is 5.75 Å². The van der Waals surface area contributed by atoms with Crippen molar-refractivity contribution < 1.29 is 5.11 Å². The lowest BCUT2D eigenvalue weighted by Gasteiger charge is -2.32. The first-order valence-electron chi connectivity index (χ1n) is 7.03. The van der Waals surface area contributed by atoms with Crippen molar-refractivity contribution >= 4 is 15.9 Å². The Morgan fingerprint density at radius 3 is 2.71 bits per heavy atom. The van der Waals surface area contributed by atoms with E-state index in [4.69, 9.17) is 0 Å². The predicted octanol–water partition coefficient (Wildman–Crippen LogP) is 3.56. The monoisotopic (exact) mass is 351 g/mol. The summed E-state index contributed by atoms with van der Waals surface area (Å²) in [5.41, 5.74) is 1.28. The van der Waals surface area contributed by atoms with Crippen LogP contribution in [0.3, 0.4) is 0 Å². The molecule has 1 atom stereocenters. The smallest absolute Gasteiger partial charge is 0.129 e. The van der Waals surface area contributed by atoms with E-state index in [1.807, 2.05) is 24.7 Å². The summed E-state index contributed by atoms with van der Waals surface area (Å²) in [5, 5.41) is 13.2. The number of halogens is 1. The van der Waals surface area contributed by atoms with Gasteiger partial charge in [0.25, 0.3) is 0 Å². The molecule has 0 spiro atoms. The molecule has 1 aromatic carbocycles. The van der Waals surface area contributed by atoms with Gasteiger partial charge in [0.1, 0.15) is 5.75 Å². The van der Waals surface area contributed by atoms with E-state index in [0.717, 1.165) is 23.1 Å². The molecule has 0 aliphatic rings. The fourth-order valence-corrected chi connectivity index (χ4v) is 2.58. The summed E-state index contributed by atoms with van der Waals surface area (Å²) in [6, 6.07) is 5.91. The van der Waals surface area contributed by atoms with Crippen LogP contribution in [0, 0.1) is 5.41 Å². The minimum atomic E-state index is 0.137. The molecule has 0 bridgehead atoms. The van der Waals surface area contributed by atoms with Gasteiger partial charge in [0.05, 0.1) is 10.8 Å². The first-order chi connectivity index (χ1) is 9.86. The number of nitrogens with one attached hydrogen (secondary N) is 1. The lowest BCUT2D eigenvalue weighted by atomic mass is 9.86. The molecule has 1 unspecified atom stereocenters. The van der Waals surface area contributed by atoms with E-state index in [1.165, 1.54) is 0 Å². The standard InChI is InChI=1S/C16H22BrN3O/c1-16(2,3)15(10-20-7-6-18-11-20)19-9-12-4-5-14(21)13(17)8-12/h4-8,11,15,19,21H,9-10H2,1-3H3. The Morgan fingerprint density at radius 2 is 2.14 bits per heavy atom. The molecule has 1 heterocycles. The molecule has 5 heteroatoms. The maximum Gasteiger partial charge on any atom is 0.129 e. The number of nitrogens with zero attached hydrogens (tertiary/aromatic N) is 2. The summed E-state index contributed by atoms with van der Waals surface area (Å²) >= 11 is 3.35. The molecule has 0 aliphatic carbocycles. The molecule has 2 N–H and O–H groups in total. The number of phenols is 1. The van der Waals surface area contributed by atoms with Gasteiger partial charge in [-0.2, -0.15) is 0 Å². The Kier molecular flexibility index (Phi) is 5.06. The highest BCUT2D eigenvalue weighted by Gasteiger charge is 2.24. The Bertz CT molecular complexity index is 576. The molecule has 4 nitrogen and oxygen atoms in total. The maximum atomic E-state index is 9.54. The lowest BCUT2D eigenvalue weighted by molar-refractivity contribution is 0.240. The number of hydrogen-bond donors (Lipinski definition) is 2. The van der Waals surface area contributed by atoms with Crippen LogP contribution in [-0.4, -0.2) is 20.7 Å². The van der Waals surface area contributed by atoms with Gasteiger partial charge in [0.2, 0.25) is 0 Å². The largest absolute Gasteiger partial charge is 0.507 e. The lowest BCUT2D eigenvalue weighted by Crippen LogP contribution is -2.42. The molecule has 2 aromatic rings. The number of aromatic hydroxyl groups is 1. The van der Waals surface area contributed by atoms with Gasteiger partial charge in [0.15, 0.2) is 0 Å². The molecule has 0 fully saturated rings. The topological polar surface area (TPSA) is 50.1 Å². The minimum absolute atomic E-state index is 0.137. The van der Waals surface area contributed by atoms with Gasteiger partial charge in [-0.15, -0.1) is 0 Å². The van der Waals surface area contributed by atoms with E-state index in [-0.39, 0.29) is 11.2 Å². The molecule has 2 rings (SSSR count). The number of imidazole rings is 1. The van der Waals surface area contributed by atoms with Gasteiger partial charge in [-0.25, -0.2) is 4.98 Å². The SMILES string of the molecule is CC(C)(C)C(Cn1ccnc1)NCc1ccc(O)c(Br)c1. The zero-order chi connectivity index (χ0) is 15.5. The molecule has 0 saturated heterocycles. The van der Waals surface area contributed by atoms with E-state index in [9.17, 15) is 5.11 Å². The number of rotatable bonds is 5. The van der Waals surface area contributed by atoms with E-state index in [2.05, 4.69) is 51.6 Å². The molecule has 114 valence electrons. The molecular formula is C16H22BrN3O. The second kappa shape index (κ2) is 6.62. The Morgan fingerprint density at radius 1 is 1.38 bits per heavy atom. The second-order valence-corrected chi connectivity index (χ2v) is 7.20. The van der Waals surface area contributed by atoms with Crippen LogP contribution in [-0.2, 0) is 13.1 Å². The Hall–Kier alpha value is -1.33. The zero-order valence-corrected chi connectivity index (χ0v) is 14.3. The van der Waals surface area contributed by atoms with Crippen molar-refractivity contribution in [3.05, 3.63) is 47.0 Å². The number of phenolic OH excluding ortho intramolecular Hbond substituents is 1. The molecule has 21 heavy (non-hydrogen) atoms. The molecule has 1 aromatic heterocycles. The molecule has 0 aliphatic heterocycles. The Labute approximate surface area is 134 Å². The van der Waals surface area contributed by atoms with Crippen molar-refractivity contribution in [2.75, 3.05) is 0 Å². The van der Waals surface area contributed by atoms with Crippen LogP contribution >= 0.6 is 15.9 Å². The van der Waals surface area contributed by atoms with E-state index in [0.29, 0.717) is 6.04 Å². The number of hydrogen-bond acceptors (Lipinski definition) is 3. The highest BCUT2D eigenvalue weighted by molar-refractivity contribution is 9.10. The van der Waals surface area contributed by atoms with Gasteiger partial charge in [-0.3, -0.25) is 0 Å². The van der Waals surface area contributed by atoms with Gasteiger partial charge in [-0.1, -0.05) is 26.8 Å². The van der Waals surface area contributed by atoms with E-state index < -0.39 is 0 Å². The number of benzene rings is 1. The van der Waals surface area contributed by atoms with E-state index in [1.54, 1.807) is 12.3 Å². The summed E-state index contributed by atoms with van der Waals surface area (Å²) in [5.74, 6) is 0.268. The first kappa shape index (κ1) is 16.0. The average Bonchev–Trinajstić information content (AvgIpc) is 2.90. The zero-order valence-electron chi connectivity index (χ0n) is 12.7. The summed E-state index contributed by atoms with van der Waals surface area (Å²) in [7, 11) is 0. The summed E-state index contributed by atoms with van der Waals surface area (Å²) in [6.45, 7) is 8.33. The van der Waals surface area contributed by atoms with Crippen LogP contribution < -0.4 is 5.32 Å². The summed E-state index contributed by atoms with van der Waals surface area (Å²) in [4.78, 5) is 4.10. The van der Waals surface area contributed by atoms with Crippen molar-refractivity contribution in [1.82, 2.24) is 14.9 Å². The quantitative estimate of drug-likeness (QED) is 0.865. The molecule has 0 saturated carbocycles. The average molecular weight is 352 g/mol. The van der Waals surface area contributed by atoms with Crippen LogP contribution in [0.25, 0.3) is 0 Å². The minimum Gasteiger partial charge on any atom is -0.507 e. The third-order valence-electron chi connectivity index (χ3n) is 3.56. The van der Waals surface area contributed by atoms with Gasteiger partial charge in [0, 0.05) is 31.5 Å². The highest BCUT2D eigenvalue weighted by atomic mass is 79.9.